The fourth-order valence-corrected chi connectivity index (χ4v) is 2.95. The van der Waals surface area contributed by atoms with E-state index in [1.165, 1.54) is 5.56 Å². The molecule has 19 heavy (non-hydrogen) atoms. The zero-order valence-electron chi connectivity index (χ0n) is 10.3. The number of aromatic amines is 1. The summed E-state index contributed by atoms with van der Waals surface area (Å²) in [5.74, 6) is 0.619. The van der Waals surface area contributed by atoms with E-state index in [1.54, 1.807) is 6.07 Å². The first-order chi connectivity index (χ1) is 9.15. The molecule has 0 unspecified atom stereocenters. The van der Waals surface area contributed by atoms with Gasteiger partial charge in [-0.1, -0.05) is 23.8 Å². The fraction of sp³-hybridized carbons (Fsp3) is 0.0667. The average Bonchev–Trinajstić information content (AvgIpc) is 2.38. The highest BCUT2D eigenvalue weighted by Crippen LogP contribution is 2.23. The number of halogens is 1. The number of hydrogen-bond donors (Lipinski definition) is 1. The van der Waals surface area contributed by atoms with Crippen LogP contribution in [0.4, 0.5) is 0 Å². The van der Waals surface area contributed by atoms with Crippen LogP contribution in [0.15, 0.2) is 47.3 Å². The lowest BCUT2D eigenvalue weighted by molar-refractivity contribution is 1.17. The van der Waals surface area contributed by atoms with Crippen LogP contribution in [0, 0.1) is 10.5 Å². The molecule has 2 aromatic carbocycles. The number of nitrogens with one attached hydrogen (secondary N) is 1. The Hall–Kier alpha value is -1.69. The van der Waals surface area contributed by atoms with Gasteiger partial charge < -0.3 is 4.98 Å². The van der Waals surface area contributed by atoms with Crippen LogP contribution in [0.1, 0.15) is 5.56 Å². The monoisotopic (exact) mass is 362 g/mol. The van der Waals surface area contributed by atoms with Crippen LogP contribution in [0.5, 0.6) is 0 Å². The number of aromatic nitrogens is 2. The number of rotatable bonds is 1. The van der Waals surface area contributed by atoms with Crippen molar-refractivity contribution < 1.29 is 0 Å². The normalized spacial score (nSPS) is 10.8. The maximum Gasteiger partial charge on any atom is 0.259 e. The van der Waals surface area contributed by atoms with E-state index in [-0.39, 0.29) is 5.56 Å². The van der Waals surface area contributed by atoms with Gasteiger partial charge in [-0.15, -0.1) is 0 Å². The number of hydrogen-bond acceptors (Lipinski definition) is 2. The van der Waals surface area contributed by atoms with Crippen LogP contribution < -0.4 is 5.56 Å². The molecular formula is C15H11IN2O. The molecule has 1 heterocycles. The number of para-hydroxylation sites is 1. The predicted octanol–water partition coefficient (Wildman–Crippen LogP) is 3.50. The first-order valence-electron chi connectivity index (χ1n) is 5.91. The average molecular weight is 362 g/mol. The predicted molar refractivity (Wildman–Crippen MR) is 85.3 cm³/mol. The fourth-order valence-electron chi connectivity index (χ4n) is 2.03. The summed E-state index contributed by atoms with van der Waals surface area (Å²) in [7, 11) is 0. The molecule has 1 N–H and O–H groups in total. The second-order valence-corrected chi connectivity index (χ2v) is 5.58. The molecule has 0 atom stereocenters. The maximum absolute atomic E-state index is 12.1. The number of aryl methyl sites for hydroxylation is 1. The molecule has 0 spiro atoms. The summed E-state index contributed by atoms with van der Waals surface area (Å²) >= 11 is 2.26. The molecule has 94 valence electrons. The molecule has 0 radical (unpaired) electrons. The maximum atomic E-state index is 12.1. The Morgan fingerprint density at radius 1 is 1.16 bits per heavy atom. The third kappa shape index (κ3) is 2.28. The van der Waals surface area contributed by atoms with E-state index in [0.29, 0.717) is 11.2 Å². The SMILES string of the molecule is Cc1ccc(-c2nc3ccccc3c(=O)[nH]2)c(I)c1. The zero-order valence-corrected chi connectivity index (χ0v) is 12.4. The molecule has 0 saturated carbocycles. The number of benzene rings is 2. The molecule has 1 aromatic heterocycles. The molecule has 0 aliphatic rings. The minimum atomic E-state index is -0.100. The van der Waals surface area contributed by atoms with Gasteiger partial charge >= 0.3 is 0 Å². The van der Waals surface area contributed by atoms with Gasteiger partial charge in [0.1, 0.15) is 5.82 Å². The molecule has 4 heteroatoms. The van der Waals surface area contributed by atoms with Crippen LogP contribution in [0.3, 0.4) is 0 Å². The van der Waals surface area contributed by atoms with Gasteiger partial charge in [0.2, 0.25) is 0 Å². The van der Waals surface area contributed by atoms with E-state index in [9.17, 15) is 4.79 Å². The van der Waals surface area contributed by atoms with E-state index in [0.717, 1.165) is 14.7 Å². The highest BCUT2D eigenvalue weighted by atomic mass is 127. The van der Waals surface area contributed by atoms with Crippen molar-refractivity contribution in [2.75, 3.05) is 0 Å². The van der Waals surface area contributed by atoms with Crippen LogP contribution in [0.2, 0.25) is 0 Å². The summed E-state index contributed by atoms with van der Waals surface area (Å²) < 4.78 is 1.08. The Bertz CT molecular complexity index is 824. The first kappa shape index (κ1) is 12.3. The molecule has 0 bridgehead atoms. The van der Waals surface area contributed by atoms with Crippen molar-refractivity contribution in [2.24, 2.45) is 0 Å². The molecule has 3 rings (SSSR count). The van der Waals surface area contributed by atoms with Crippen LogP contribution in [-0.4, -0.2) is 9.97 Å². The molecule has 0 aliphatic heterocycles. The summed E-state index contributed by atoms with van der Waals surface area (Å²) in [6, 6.07) is 13.5. The van der Waals surface area contributed by atoms with E-state index in [1.807, 2.05) is 37.3 Å². The van der Waals surface area contributed by atoms with Gasteiger partial charge in [-0.2, -0.15) is 0 Å². The summed E-state index contributed by atoms with van der Waals surface area (Å²) in [5, 5.41) is 0.619. The van der Waals surface area contributed by atoms with Crippen LogP contribution in [0.25, 0.3) is 22.3 Å². The lowest BCUT2D eigenvalue weighted by atomic mass is 10.1. The van der Waals surface area contributed by atoms with Crippen molar-refractivity contribution in [1.29, 1.82) is 0 Å². The first-order valence-corrected chi connectivity index (χ1v) is 6.98. The van der Waals surface area contributed by atoms with Crippen LogP contribution in [-0.2, 0) is 0 Å². The molecule has 3 aromatic rings. The lowest BCUT2D eigenvalue weighted by Gasteiger charge is -2.06. The van der Waals surface area contributed by atoms with E-state index >= 15 is 0 Å². The molecule has 3 nitrogen and oxygen atoms in total. The molecule has 0 saturated heterocycles. The Kier molecular flexibility index (Phi) is 3.10. The Morgan fingerprint density at radius 2 is 1.95 bits per heavy atom. The van der Waals surface area contributed by atoms with Crippen molar-refractivity contribution in [3.63, 3.8) is 0 Å². The van der Waals surface area contributed by atoms with E-state index < -0.39 is 0 Å². The zero-order chi connectivity index (χ0) is 13.4. The second-order valence-electron chi connectivity index (χ2n) is 4.41. The van der Waals surface area contributed by atoms with Crippen molar-refractivity contribution in [3.05, 3.63) is 62.0 Å². The van der Waals surface area contributed by atoms with Gasteiger partial charge in [0.05, 0.1) is 10.9 Å². The summed E-state index contributed by atoms with van der Waals surface area (Å²) in [6.45, 7) is 2.04. The quantitative estimate of drug-likeness (QED) is 0.674. The van der Waals surface area contributed by atoms with Crippen molar-refractivity contribution >= 4 is 33.5 Å². The molecule has 0 fully saturated rings. The summed E-state index contributed by atoms with van der Waals surface area (Å²) in [6.07, 6.45) is 0. The largest absolute Gasteiger partial charge is 0.306 e. The lowest BCUT2D eigenvalue weighted by Crippen LogP contribution is -2.09. The van der Waals surface area contributed by atoms with E-state index in [4.69, 9.17) is 0 Å². The second kappa shape index (κ2) is 4.77. The number of fused-ring (bicyclic) bond motifs is 1. The Morgan fingerprint density at radius 3 is 2.74 bits per heavy atom. The molecule has 0 amide bonds. The van der Waals surface area contributed by atoms with Crippen molar-refractivity contribution in [2.45, 2.75) is 6.92 Å². The van der Waals surface area contributed by atoms with Gasteiger partial charge in [0, 0.05) is 9.13 Å². The van der Waals surface area contributed by atoms with Gasteiger partial charge in [-0.05, 0) is 53.8 Å². The minimum absolute atomic E-state index is 0.100. The highest BCUT2D eigenvalue weighted by molar-refractivity contribution is 14.1. The smallest absolute Gasteiger partial charge is 0.259 e. The summed E-state index contributed by atoms with van der Waals surface area (Å²) in [5.41, 5.74) is 2.76. The topological polar surface area (TPSA) is 45.8 Å². The van der Waals surface area contributed by atoms with E-state index in [2.05, 4.69) is 38.6 Å². The van der Waals surface area contributed by atoms with Crippen LogP contribution >= 0.6 is 22.6 Å². The summed E-state index contributed by atoms with van der Waals surface area (Å²) in [4.78, 5) is 19.4. The minimum Gasteiger partial charge on any atom is -0.306 e. The van der Waals surface area contributed by atoms with Gasteiger partial charge in [0.15, 0.2) is 0 Å². The highest BCUT2D eigenvalue weighted by Gasteiger charge is 2.08. The van der Waals surface area contributed by atoms with Gasteiger partial charge in [-0.25, -0.2) is 4.98 Å². The van der Waals surface area contributed by atoms with Gasteiger partial charge in [0.25, 0.3) is 5.56 Å². The number of H-pyrrole nitrogens is 1. The third-order valence-electron chi connectivity index (χ3n) is 2.99. The number of nitrogens with zero attached hydrogens (tertiary/aromatic N) is 1. The molecular weight excluding hydrogens is 351 g/mol. The van der Waals surface area contributed by atoms with Crippen molar-refractivity contribution in [1.82, 2.24) is 9.97 Å². The van der Waals surface area contributed by atoms with Crippen molar-refractivity contribution in [3.8, 4) is 11.4 Å². The molecule has 0 aliphatic carbocycles. The third-order valence-corrected chi connectivity index (χ3v) is 3.89. The Labute approximate surface area is 123 Å². The standard InChI is InChI=1S/C15H11IN2O/c1-9-6-7-10(12(16)8-9)14-17-13-5-3-2-4-11(13)15(19)18-14/h2-8H,1H3,(H,17,18,19). The van der Waals surface area contributed by atoms with Gasteiger partial charge in [-0.3, -0.25) is 4.79 Å². The Balaban J connectivity index is 2.28.